The van der Waals surface area contributed by atoms with Crippen molar-refractivity contribution < 1.29 is 8.94 Å². The van der Waals surface area contributed by atoms with Crippen LogP contribution in [0.2, 0.25) is 0 Å². The molecule has 0 aromatic carbocycles. The van der Waals surface area contributed by atoms with E-state index in [0.29, 0.717) is 11.5 Å². The van der Waals surface area contributed by atoms with E-state index >= 15 is 0 Å². The summed E-state index contributed by atoms with van der Waals surface area (Å²) in [5.41, 5.74) is 0.942. The lowest BCUT2D eigenvalue weighted by molar-refractivity contribution is 0.393. The van der Waals surface area contributed by atoms with Gasteiger partial charge in [0.05, 0.1) is 12.0 Å². The number of rotatable bonds is 1. The van der Waals surface area contributed by atoms with Crippen LogP contribution in [0.1, 0.15) is 26.5 Å². The van der Waals surface area contributed by atoms with Crippen LogP contribution >= 0.6 is 0 Å². The largest absolute Gasteiger partial charge is 0.461 e. The van der Waals surface area contributed by atoms with Gasteiger partial charge in [-0.2, -0.15) is 0 Å². The third-order valence-electron chi connectivity index (χ3n) is 2.04. The summed E-state index contributed by atoms with van der Waals surface area (Å²) in [7, 11) is 0. The average molecular weight is 191 g/mol. The van der Waals surface area contributed by atoms with Crippen molar-refractivity contribution in [1.82, 2.24) is 5.16 Å². The van der Waals surface area contributed by atoms with Crippen LogP contribution in [0.5, 0.6) is 0 Å². The molecular formula is C11H13NO2. The molecule has 0 aliphatic carbocycles. The lowest BCUT2D eigenvalue weighted by atomic mass is 9.92. The first kappa shape index (κ1) is 9.06. The molecule has 0 aliphatic heterocycles. The summed E-state index contributed by atoms with van der Waals surface area (Å²) < 4.78 is 10.4. The molecule has 0 radical (unpaired) electrons. The highest BCUT2D eigenvalue weighted by atomic mass is 16.5. The van der Waals surface area contributed by atoms with Gasteiger partial charge in [0.15, 0.2) is 5.76 Å². The van der Waals surface area contributed by atoms with Gasteiger partial charge in [0, 0.05) is 11.5 Å². The van der Waals surface area contributed by atoms with Crippen LogP contribution in [0.3, 0.4) is 0 Å². The van der Waals surface area contributed by atoms with E-state index in [1.807, 2.05) is 18.2 Å². The molecule has 0 saturated carbocycles. The second-order valence-corrected chi connectivity index (χ2v) is 4.30. The molecule has 0 spiro atoms. The van der Waals surface area contributed by atoms with E-state index in [1.54, 1.807) is 6.26 Å². The van der Waals surface area contributed by atoms with Crippen LogP contribution in [0, 0.1) is 0 Å². The fourth-order valence-electron chi connectivity index (χ4n) is 1.16. The van der Waals surface area contributed by atoms with E-state index < -0.39 is 0 Å². The predicted molar refractivity (Wildman–Crippen MR) is 52.9 cm³/mol. The fraction of sp³-hybridized carbons (Fsp3) is 0.364. The van der Waals surface area contributed by atoms with Gasteiger partial charge in [-0.1, -0.05) is 25.9 Å². The molecule has 14 heavy (non-hydrogen) atoms. The number of furan rings is 1. The first-order valence-corrected chi connectivity index (χ1v) is 4.58. The van der Waals surface area contributed by atoms with Gasteiger partial charge >= 0.3 is 0 Å². The van der Waals surface area contributed by atoms with E-state index in [-0.39, 0.29) is 5.41 Å². The Balaban J connectivity index is 2.36. The highest BCUT2D eigenvalue weighted by molar-refractivity contribution is 5.49. The maximum atomic E-state index is 5.21. The van der Waals surface area contributed by atoms with E-state index in [0.717, 1.165) is 5.69 Å². The van der Waals surface area contributed by atoms with Crippen molar-refractivity contribution in [3.05, 3.63) is 30.2 Å². The van der Waals surface area contributed by atoms with Gasteiger partial charge in [-0.15, -0.1) is 0 Å². The van der Waals surface area contributed by atoms with Crippen molar-refractivity contribution in [3.63, 3.8) is 0 Å². The molecule has 3 heteroatoms. The van der Waals surface area contributed by atoms with Crippen molar-refractivity contribution in [2.45, 2.75) is 26.2 Å². The Morgan fingerprint density at radius 2 is 2.00 bits per heavy atom. The van der Waals surface area contributed by atoms with Crippen molar-refractivity contribution in [2.75, 3.05) is 0 Å². The summed E-state index contributed by atoms with van der Waals surface area (Å²) in [6, 6.07) is 5.60. The summed E-state index contributed by atoms with van der Waals surface area (Å²) in [6.07, 6.45) is 1.62. The SMILES string of the molecule is CC(C)(C)c1cc(-c2ccco2)on1. The lowest BCUT2D eigenvalue weighted by Gasteiger charge is -2.12. The summed E-state index contributed by atoms with van der Waals surface area (Å²) in [5.74, 6) is 1.40. The van der Waals surface area contributed by atoms with Crippen LogP contribution in [-0.2, 0) is 5.41 Å². The highest BCUT2D eigenvalue weighted by Gasteiger charge is 2.20. The van der Waals surface area contributed by atoms with Crippen molar-refractivity contribution in [3.8, 4) is 11.5 Å². The van der Waals surface area contributed by atoms with Gasteiger partial charge in [0.2, 0.25) is 5.76 Å². The van der Waals surface area contributed by atoms with Gasteiger partial charge in [0.1, 0.15) is 0 Å². The predicted octanol–water partition coefficient (Wildman–Crippen LogP) is 3.23. The zero-order valence-corrected chi connectivity index (χ0v) is 8.57. The quantitative estimate of drug-likeness (QED) is 0.694. The molecule has 2 aromatic rings. The van der Waals surface area contributed by atoms with Crippen LogP contribution < -0.4 is 0 Å². The molecule has 0 saturated heterocycles. The maximum Gasteiger partial charge on any atom is 0.202 e. The third-order valence-corrected chi connectivity index (χ3v) is 2.04. The lowest BCUT2D eigenvalue weighted by Crippen LogP contribution is -2.10. The highest BCUT2D eigenvalue weighted by Crippen LogP contribution is 2.26. The molecule has 3 nitrogen and oxygen atoms in total. The molecule has 0 bridgehead atoms. The normalized spacial score (nSPS) is 11.9. The molecule has 2 aromatic heterocycles. The van der Waals surface area contributed by atoms with Crippen LogP contribution in [-0.4, -0.2) is 5.16 Å². The van der Waals surface area contributed by atoms with Gasteiger partial charge in [-0.25, -0.2) is 0 Å². The molecule has 0 unspecified atom stereocenters. The first-order chi connectivity index (χ1) is 6.57. The number of hydrogen-bond donors (Lipinski definition) is 0. The van der Waals surface area contributed by atoms with Crippen LogP contribution in [0.15, 0.2) is 33.4 Å². The maximum absolute atomic E-state index is 5.21. The Hall–Kier alpha value is -1.51. The van der Waals surface area contributed by atoms with Gasteiger partial charge in [0.25, 0.3) is 0 Å². The summed E-state index contributed by atoms with van der Waals surface area (Å²) >= 11 is 0. The molecule has 74 valence electrons. The van der Waals surface area contributed by atoms with E-state index in [1.165, 1.54) is 0 Å². The second-order valence-electron chi connectivity index (χ2n) is 4.30. The van der Waals surface area contributed by atoms with Crippen molar-refractivity contribution in [1.29, 1.82) is 0 Å². The molecule has 2 rings (SSSR count). The summed E-state index contributed by atoms with van der Waals surface area (Å²) in [4.78, 5) is 0. The Kier molecular flexibility index (Phi) is 1.95. The first-order valence-electron chi connectivity index (χ1n) is 4.58. The van der Waals surface area contributed by atoms with Gasteiger partial charge in [-0.05, 0) is 12.1 Å². The zero-order valence-electron chi connectivity index (χ0n) is 8.57. The second kappa shape index (κ2) is 3.01. The standard InChI is InChI=1S/C11H13NO2/c1-11(2,3)10-7-9(14-12-10)8-5-4-6-13-8/h4-7H,1-3H3. The fourth-order valence-corrected chi connectivity index (χ4v) is 1.16. The molecule has 0 fully saturated rings. The van der Waals surface area contributed by atoms with E-state index in [9.17, 15) is 0 Å². The van der Waals surface area contributed by atoms with Gasteiger partial charge in [-0.3, -0.25) is 0 Å². The van der Waals surface area contributed by atoms with Crippen LogP contribution in [0.25, 0.3) is 11.5 Å². The van der Waals surface area contributed by atoms with E-state index in [4.69, 9.17) is 8.94 Å². The Morgan fingerprint density at radius 1 is 1.21 bits per heavy atom. The smallest absolute Gasteiger partial charge is 0.202 e. The number of hydrogen-bond acceptors (Lipinski definition) is 3. The Morgan fingerprint density at radius 3 is 2.50 bits per heavy atom. The van der Waals surface area contributed by atoms with E-state index in [2.05, 4.69) is 25.9 Å². The summed E-state index contributed by atoms with van der Waals surface area (Å²) in [6.45, 7) is 6.28. The van der Waals surface area contributed by atoms with Gasteiger partial charge < -0.3 is 8.94 Å². The molecule has 0 amide bonds. The van der Waals surface area contributed by atoms with Crippen LogP contribution in [0.4, 0.5) is 0 Å². The summed E-state index contributed by atoms with van der Waals surface area (Å²) in [5, 5.41) is 4.01. The average Bonchev–Trinajstić information content (AvgIpc) is 2.73. The van der Waals surface area contributed by atoms with Crippen molar-refractivity contribution in [2.24, 2.45) is 0 Å². The topological polar surface area (TPSA) is 39.2 Å². The minimum Gasteiger partial charge on any atom is -0.461 e. The number of aromatic nitrogens is 1. The monoisotopic (exact) mass is 191 g/mol. The Bertz CT molecular complexity index is 407. The van der Waals surface area contributed by atoms with Crippen molar-refractivity contribution >= 4 is 0 Å². The molecular weight excluding hydrogens is 178 g/mol. The molecule has 0 atom stereocenters. The Labute approximate surface area is 82.7 Å². The number of nitrogens with zero attached hydrogens (tertiary/aromatic N) is 1. The minimum absolute atomic E-state index is 0.00828. The molecule has 0 aliphatic rings. The third kappa shape index (κ3) is 1.58. The minimum atomic E-state index is 0.00828. The molecule has 0 N–H and O–H groups in total. The zero-order chi connectivity index (χ0) is 10.2. The molecule has 2 heterocycles.